The maximum Gasteiger partial charge on any atom is 0.246 e. The molecule has 6 fully saturated rings. The lowest BCUT2D eigenvalue weighted by Crippen LogP contribution is -2.71. The fourth-order valence-electron chi connectivity index (χ4n) is 20.0. The third-order valence-electron chi connectivity index (χ3n) is 27.0. The SMILES string of the molecule is CCCC1O[C@@H]2C[C@H]3[C@@H]4C[C@H](F)C5=CC(=O)C=C[C@]5(C)[C@@]4(F)[C@@H](O)C[C@]3(C)[C@]2(C(=O)CNC(=O)[C@H](C)NC(=O)[C@@H](NC(=O)[C@@H](CCCCNC(=O)COC2CCCCC/C(N[C@H]3O[C@H](CCO)[C@@H](C4O[C@H](CO)[C@@H](O)[C@H](O)[C@H]4O)[C@H](O)[C@H]3O)=C\2N=N)NC(=O)CCOCCOCCOCCOCCNC(=O)CCC(=O)N2Cc3ccccc3C#Cc3ccccc32)C(C)C)O1. The van der Waals surface area contributed by atoms with Crippen molar-refractivity contribution in [2.45, 2.75) is 272 Å². The summed E-state index contributed by atoms with van der Waals surface area (Å²) in [4.78, 5) is 126. The van der Waals surface area contributed by atoms with Gasteiger partial charge < -0.3 is 126 Å². The Morgan fingerprint density at radius 1 is 0.700 bits per heavy atom. The summed E-state index contributed by atoms with van der Waals surface area (Å²) in [6.45, 7) is 9.21. The highest BCUT2D eigenvalue weighted by Gasteiger charge is 2.80. The number of hydrogen-bond donors (Lipinski definition) is 16. The average Bonchev–Trinajstić information content (AvgIpc) is 1.45. The number of carbonyl (C=O) groups excluding carboxylic acids is 9. The predicted molar refractivity (Wildman–Crippen MR) is 461 cm³/mol. The lowest BCUT2D eigenvalue weighted by Gasteiger charge is -2.63. The highest BCUT2D eigenvalue weighted by molar-refractivity contribution is 6.02. The van der Waals surface area contributed by atoms with Crippen LogP contribution in [0.25, 0.3) is 0 Å². The second-order valence-electron chi connectivity index (χ2n) is 35.8. The summed E-state index contributed by atoms with van der Waals surface area (Å²) >= 11 is 0. The Kier molecular flexibility index (Phi) is 36.8. The van der Waals surface area contributed by atoms with Crippen LogP contribution in [0.2, 0.25) is 0 Å². The number of nitrogens with one attached hydrogen (secondary N) is 8. The first-order chi connectivity index (χ1) is 62.3. The summed E-state index contributed by atoms with van der Waals surface area (Å²) in [5.74, 6) is -2.65. The van der Waals surface area contributed by atoms with Gasteiger partial charge in [-0.2, -0.15) is 5.11 Å². The molecule has 0 radical (unpaired) electrons. The fourth-order valence-corrected chi connectivity index (χ4v) is 20.0. The number of fused-ring (bicyclic) bond motifs is 9. The number of benzene rings is 2. The number of ether oxygens (including phenoxy) is 9. The molecule has 9 aliphatic rings. The van der Waals surface area contributed by atoms with Crippen LogP contribution in [-0.2, 0) is 92.3 Å². The molecule has 3 saturated carbocycles. The summed E-state index contributed by atoms with van der Waals surface area (Å²) in [5, 5.41) is 110. The number of rotatable bonds is 45. The lowest BCUT2D eigenvalue weighted by atomic mass is 9.44. The van der Waals surface area contributed by atoms with Gasteiger partial charge in [0.05, 0.1) is 109 Å². The van der Waals surface area contributed by atoms with E-state index >= 15 is 13.6 Å². The Hall–Kier alpha value is -8.57. The van der Waals surface area contributed by atoms with E-state index in [0.29, 0.717) is 56.5 Å². The van der Waals surface area contributed by atoms with Crippen LogP contribution in [-0.4, -0.2) is 301 Å². The Labute approximate surface area is 755 Å². The highest BCUT2D eigenvalue weighted by atomic mass is 19.1. The van der Waals surface area contributed by atoms with E-state index in [0.717, 1.165) is 22.8 Å². The number of unbranched alkanes of at least 4 members (excludes halogenated alkanes) is 1. The van der Waals surface area contributed by atoms with Crippen LogP contribution in [0.4, 0.5) is 14.5 Å². The summed E-state index contributed by atoms with van der Waals surface area (Å²) in [7, 11) is 0. The van der Waals surface area contributed by atoms with E-state index in [1.807, 2.05) is 55.5 Å². The molecule has 36 nitrogen and oxygen atoms in total. The van der Waals surface area contributed by atoms with Crippen molar-refractivity contribution in [3.8, 4) is 11.8 Å². The summed E-state index contributed by atoms with van der Waals surface area (Å²) in [6.07, 6.45) is -13.9. The highest BCUT2D eigenvalue weighted by Crippen LogP contribution is 2.72. The van der Waals surface area contributed by atoms with Crippen LogP contribution in [0.1, 0.15) is 167 Å². The van der Waals surface area contributed by atoms with Crippen molar-refractivity contribution in [3.63, 3.8) is 0 Å². The number of allylic oxidation sites excluding steroid dienone is 5. The number of Topliss-reactive ketones (excluding diaryl/α,β-unsaturated/α-hetero) is 1. The van der Waals surface area contributed by atoms with Crippen molar-refractivity contribution in [1.29, 1.82) is 5.53 Å². The summed E-state index contributed by atoms with van der Waals surface area (Å²) in [6, 6.07) is 11.2. The molecule has 4 heterocycles. The zero-order chi connectivity index (χ0) is 93.8. The number of para-hydroxylation sites is 1. The molecule has 11 rings (SSSR count). The monoisotopic (exact) mass is 1830 g/mol. The number of anilines is 1. The molecule has 16 N–H and O–H groups in total. The minimum Gasteiger partial charge on any atom is -0.396 e. The Morgan fingerprint density at radius 3 is 2.10 bits per heavy atom. The number of alkyl halides is 2. The molecule has 2 aromatic rings. The van der Waals surface area contributed by atoms with E-state index in [-0.39, 0.29) is 160 Å². The summed E-state index contributed by atoms with van der Waals surface area (Å²) < 4.78 is 88.3. The van der Waals surface area contributed by atoms with Crippen LogP contribution >= 0.6 is 0 Å². The van der Waals surface area contributed by atoms with Gasteiger partial charge in [-0.3, -0.25) is 43.2 Å². The van der Waals surface area contributed by atoms with Gasteiger partial charge >= 0.3 is 0 Å². The van der Waals surface area contributed by atoms with Crippen molar-refractivity contribution in [2.75, 3.05) is 97.2 Å². The topological polar surface area (TPSA) is 522 Å². The molecular weight excluding hydrogens is 1700 g/mol. The molecule has 7 amide bonds. The number of carbonyl (C=O) groups is 9. The van der Waals surface area contributed by atoms with Crippen molar-refractivity contribution >= 4 is 58.6 Å². The van der Waals surface area contributed by atoms with Gasteiger partial charge in [0, 0.05) is 78.4 Å². The number of halogens is 2. The molecule has 0 spiro atoms. The van der Waals surface area contributed by atoms with Crippen LogP contribution in [0.5, 0.6) is 0 Å². The third kappa shape index (κ3) is 23.4. The molecule has 5 aliphatic carbocycles. The van der Waals surface area contributed by atoms with Crippen molar-refractivity contribution in [3.05, 3.63) is 100 Å². The normalized spacial score (nSPS) is 32.1. The molecule has 3 unspecified atom stereocenters. The van der Waals surface area contributed by atoms with Gasteiger partial charge in [0.1, 0.15) is 73.2 Å². The minimum atomic E-state index is -2.45. The number of amides is 7. The molecule has 0 aromatic heterocycles. The number of ketones is 2. The molecule has 2 aromatic carbocycles. The van der Waals surface area contributed by atoms with Crippen molar-refractivity contribution in [1.82, 2.24) is 37.2 Å². The third-order valence-corrected chi connectivity index (χ3v) is 27.0. The van der Waals surface area contributed by atoms with Crippen LogP contribution in [0.15, 0.2) is 88.8 Å². The standard InChI is InChI=1S/C92H130F2N10O26/c1-7-17-75-129-70-46-58-59-45-61(93)60-44-57(107)29-32-89(60,5)91(59,94)68(108)47-90(58,6)92(70,130-75)69(109)48-98-85(119)53(4)99-87(121)77(52(2)3)102-86(120)63(100-72(111)31-36-122-38-40-124-42-43-125-41-39-123-37-34-97-71(110)27-28-74(113)104-49-56-20-12-11-18-54(56)25-26-55-19-13-14-23-64(55)104)22-15-16-33-96-73(112)51-126-66-24-10-8-9-21-62(78(66)103-95)101-88-83(118)80(115)76(65(128-88)30-35-105)84-82(117)81(116)79(114)67(50-106)127-84/h11-14,18-20,23,29,32,44,52-53,58-59,61,63,65-68,70,75-77,79-84,88,95,101,105-106,108,114-118H,7-10,15-17,21-22,24,27-28,30-31,33-43,45-51H2,1-6H3,(H,96,112)(H,97,110)(H,98,119)(H,99,121)(H,100,111)(H,102,120)/b78-62-,103-95?/t53-,58-,59-,61-,63+,65+,66?,67+,68-,70+,75?,76+,77-,79+,80-,81-,82+,83+,84?,88-,89-,90-,91-,92+/m0/s1. The number of aliphatic hydroxyl groups is 8. The first kappa shape index (κ1) is 102. The van der Waals surface area contributed by atoms with E-state index in [1.165, 1.54) is 26.0 Å². The molecular formula is C92H130F2N10O26. The van der Waals surface area contributed by atoms with E-state index in [1.54, 1.807) is 25.7 Å². The van der Waals surface area contributed by atoms with Crippen molar-refractivity contribution in [2.24, 2.45) is 39.6 Å². The molecule has 3 saturated heterocycles. The van der Waals surface area contributed by atoms with E-state index in [4.69, 9.17) is 48.2 Å². The van der Waals surface area contributed by atoms with Gasteiger partial charge in [-0.1, -0.05) is 95.2 Å². The van der Waals surface area contributed by atoms with Gasteiger partial charge in [-0.05, 0) is 138 Å². The average molecular weight is 1830 g/mol. The second kappa shape index (κ2) is 46.9. The number of aliphatic hydroxyl groups excluding tert-OH is 8. The lowest BCUT2D eigenvalue weighted by molar-refractivity contribution is -0.288. The Bertz CT molecular complexity index is 4440. The predicted octanol–water partition coefficient (Wildman–Crippen LogP) is 2.07. The maximum atomic E-state index is 18.2. The number of hydrogen-bond acceptors (Lipinski definition) is 29. The Morgan fingerprint density at radius 2 is 1.39 bits per heavy atom. The quantitative estimate of drug-likeness (QED) is 0.0256. The first-order valence-electron chi connectivity index (χ1n) is 45.5. The van der Waals surface area contributed by atoms with Crippen LogP contribution < -0.4 is 42.1 Å². The van der Waals surface area contributed by atoms with E-state index in [9.17, 15) is 79.2 Å². The fraction of sp³-hybridized carbons (Fsp3) is 0.685. The largest absolute Gasteiger partial charge is 0.396 e. The molecule has 38 heteroatoms. The Balaban J connectivity index is 0.646. The zero-order valence-electron chi connectivity index (χ0n) is 74.7. The smallest absolute Gasteiger partial charge is 0.246 e. The second-order valence-corrected chi connectivity index (χ2v) is 35.8. The van der Waals surface area contributed by atoms with Crippen molar-refractivity contribution < 1.29 is 135 Å². The molecule has 0 bridgehead atoms. The molecule has 130 heavy (non-hydrogen) atoms. The van der Waals surface area contributed by atoms with Gasteiger partial charge in [0.25, 0.3) is 0 Å². The minimum absolute atomic E-state index is 0.00305. The van der Waals surface area contributed by atoms with E-state index < -0.39 is 217 Å². The van der Waals surface area contributed by atoms with Crippen LogP contribution in [0.3, 0.4) is 0 Å². The van der Waals surface area contributed by atoms with Gasteiger partial charge in [0.2, 0.25) is 41.4 Å². The molecule has 24 atom stereocenters. The van der Waals surface area contributed by atoms with Gasteiger partial charge in [-0.25, -0.2) is 14.3 Å². The van der Waals surface area contributed by atoms with Crippen LogP contribution in [0, 0.1) is 51.9 Å². The maximum absolute atomic E-state index is 18.2. The van der Waals surface area contributed by atoms with E-state index in [2.05, 4.69) is 54.2 Å². The first-order valence-corrected chi connectivity index (χ1v) is 45.5. The van der Waals surface area contributed by atoms with Gasteiger partial charge in [-0.15, -0.1) is 0 Å². The number of nitrogens with zero attached hydrogens (tertiary/aromatic N) is 2. The molecule has 4 aliphatic heterocycles. The zero-order valence-corrected chi connectivity index (χ0v) is 74.7. The molecule has 718 valence electrons. The van der Waals surface area contributed by atoms with Gasteiger partial charge in [0.15, 0.2) is 35.4 Å². The summed E-state index contributed by atoms with van der Waals surface area (Å²) in [5.41, 5.74) is 4.40.